The van der Waals surface area contributed by atoms with Crippen LogP contribution in [0.1, 0.15) is 67.7 Å². The third-order valence-electron chi connectivity index (χ3n) is 6.43. The van der Waals surface area contributed by atoms with Crippen LogP contribution in [0.3, 0.4) is 0 Å². The molecule has 0 amide bonds. The molecule has 0 aromatic carbocycles. The summed E-state index contributed by atoms with van der Waals surface area (Å²) >= 11 is 1.06. The van der Waals surface area contributed by atoms with E-state index in [1.54, 1.807) is 13.8 Å². The zero-order valence-corrected chi connectivity index (χ0v) is 23.9. The summed E-state index contributed by atoms with van der Waals surface area (Å²) in [6.07, 6.45) is -0.410. The van der Waals surface area contributed by atoms with Gasteiger partial charge in [0.15, 0.2) is 0 Å². The van der Waals surface area contributed by atoms with Crippen LogP contribution in [0.15, 0.2) is 0 Å². The molecule has 2 heterocycles. The molecule has 1 fully saturated rings. The van der Waals surface area contributed by atoms with Gasteiger partial charge in [0, 0.05) is 25.2 Å². The molecule has 1 aliphatic rings. The first-order valence-corrected chi connectivity index (χ1v) is 13.5. The second-order valence-electron chi connectivity index (χ2n) is 10.5. The number of nitrogens with zero attached hydrogens (tertiary/aromatic N) is 3. The summed E-state index contributed by atoms with van der Waals surface area (Å²) in [5, 5.41) is 3.32. The highest BCUT2D eigenvalue weighted by molar-refractivity contribution is 6.99. The van der Waals surface area contributed by atoms with Gasteiger partial charge in [0.25, 0.3) is 5.88 Å². The Kier molecular flexibility index (Phi) is 11.7. The molecule has 0 saturated carbocycles. The molecular formula is C25H42N4O7S. The molecule has 1 aliphatic heterocycles. The van der Waals surface area contributed by atoms with Crippen molar-refractivity contribution in [3.05, 3.63) is 0 Å². The molecule has 1 aromatic heterocycles. The average molecular weight is 543 g/mol. The van der Waals surface area contributed by atoms with Crippen LogP contribution >= 0.6 is 11.7 Å². The topological polar surface area (TPSA) is 129 Å². The van der Waals surface area contributed by atoms with E-state index in [2.05, 4.69) is 19.0 Å². The number of esters is 2. The molecule has 0 bridgehead atoms. The molecule has 1 unspecified atom stereocenters. The molecule has 0 aliphatic carbocycles. The van der Waals surface area contributed by atoms with Crippen LogP contribution in [0.25, 0.3) is 0 Å². The molecule has 2 rings (SSSR count). The van der Waals surface area contributed by atoms with E-state index in [0.717, 1.165) is 11.7 Å². The lowest BCUT2D eigenvalue weighted by molar-refractivity contribution is -0.168. The summed E-state index contributed by atoms with van der Waals surface area (Å²) in [7, 11) is 0. The highest BCUT2D eigenvalue weighted by Gasteiger charge is 2.36. The van der Waals surface area contributed by atoms with Gasteiger partial charge in [0.05, 0.1) is 43.7 Å². The minimum Gasteiger partial charge on any atom is -0.470 e. The zero-order chi connectivity index (χ0) is 27.6. The van der Waals surface area contributed by atoms with Crippen LogP contribution in [0, 0.1) is 5.92 Å². The lowest BCUT2D eigenvalue weighted by Crippen LogP contribution is -2.44. The van der Waals surface area contributed by atoms with E-state index in [1.807, 2.05) is 27.7 Å². The van der Waals surface area contributed by atoms with Gasteiger partial charge in [-0.1, -0.05) is 13.8 Å². The smallest absolute Gasteiger partial charge is 0.306 e. The molecule has 0 spiro atoms. The number of ether oxygens (including phenoxy) is 4. The number of carbonyl (C=O) groups excluding carboxylic acids is 3. The van der Waals surface area contributed by atoms with E-state index in [0.29, 0.717) is 51.0 Å². The van der Waals surface area contributed by atoms with Crippen LogP contribution in [0.4, 0.5) is 5.82 Å². The molecule has 0 radical (unpaired) electrons. The summed E-state index contributed by atoms with van der Waals surface area (Å²) in [6, 6.07) is 0. The zero-order valence-electron chi connectivity index (χ0n) is 23.1. The first-order chi connectivity index (χ1) is 17.3. The maximum absolute atomic E-state index is 12.6. The number of aromatic nitrogens is 2. The molecule has 12 heteroatoms. The van der Waals surface area contributed by atoms with Gasteiger partial charge in [-0.05, 0) is 41.0 Å². The first-order valence-electron chi connectivity index (χ1n) is 12.8. The fourth-order valence-corrected chi connectivity index (χ4v) is 4.14. The summed E-state index contributed by atoms with van der Waals surface area (Å²) in [5.74, 6) is -0.532. The van der Waals surface area contributed by atoms with Crippen molar-refractivity contribution in [3.8, 4) is 5.88 Å². The molecule has 1 N–H and O–H groups in total. The van der Waals surface area contributed by atoms with Gasteiger partial charge in [-0.15, -0.1) is 4.37 Å². The van der Waals surface area contributed by atoms with E-state index < -0.39 is 29.6 Å². The van der Waals surface area contributed by atoms with Gasteiger partial charge in [0.1, 0.15) is 24.1 Å². The summed E-state index contributed by atoms with van der Waals surface area (Å²) in [4.78, 5) is 38.9. The van der Waals surface area contributed by atoms with E-state index in [9.17, 15) is 14.4 Å². The van der Waals surface area contributed by atoms with E-state index in [1.165, 1.54) is 6.92 Å². The monoisotopic (exact) mass is 542 g/mol. The molecule has 1 saturated heterocycles. The quantitative estimate of drug-likeness (QED) is 0.348. The number of morpholine rings is 1. The van der Waals surface area contributed by atoms with Crippen molar-refractivity contribution in [3.63, 3.8) is 0 Å². The number of anilines is 1. The Hall–Kier alpha value is -2.31. The lowest BCUT2D eigenvalue weighted by atomic mass is 9.85. The minimum absolute atomic E-state index is 0.0576. The Bertz CT molecular complexity index is 898. The van der Waals surface area contributed by atoms with Gasteiger partial charge >= 0.3 is 11.9 Å². The Morgan fingerprint density at radius 1 is 1.11 bits per heavy atom. The summed E-state index contributed by atoms with van der Waals surface area (Å²) in [6.45, 7) is 15.9. The number of nitrogens with one attached hydrogen (secondary N) is 1. The fraction of sp³-hybridized carbons (Fsp3) is 0.800. The first kappa shape index (κ1) is 30.9. The van der Waals surface area contributed by atoms with E-state index in [-0.39, 0.29) is 30.8 Å². The van der Waals surface area contributed by atoms with Crippen molar-refractivity contribution < 1.29 is 33.3 Å². The second-order valence-corrected chi connectivity index (χ2v) is 11.0. The van der Waals surface area contributed by atoms with Crippen molar-refractivity contribution in [2.45, 2.75) is 85.0 Å². The summed E-state index contributed by atoms with van der Waals surface area (Å²) < 4.78 is 31.2. The number of ketones is 1. The van der Waals surface area contributed by atoms with Gasteiger partial charge in [0.2, 0.25) is 5.82 Å². The van der Waals surface area contributed by atoms with E-state index >= 15 is 0 Å². The molecule has 210 valence electrons. The maximum atomic E-state index is 12.6. The van der Waals surface area contributed by atoms with Gasteiger partial charge < -0.3 is 29.2 Å². The molecule has 1 aromatic rings. The van der Waals surface area contributed by atoms with Crippen LogP contribution in [0.2, 0.25) is 0 Å². The number of rotatable bonds is 14. The highest BCUT2D eigenvalue weighted by Crippen LogP contribution is 2.28. The van der Waals surface area contributed by atoms with Crippen molar-refractivity contribution in [1.29, 1.82) is 0 Å². The third-order valence-corrected chi connectivity index (χ3v) is 6.93. The minimum atomic E-state index is -0.917. The third kappa shape index (κ3) is 10.2. The predicted molar refractivity (Wildman–Crippen MR) is 140 cm³/mol. The lowest BCUT2D eigenvalue weighted by Gasteiger charge is -2.33. The van der Waals surface area contributed by atoms with Crippen molar-refractivity contribution in [2.24, 2.45) is 5.92 Å². The molecule has 11 nitrogen and oxygen atoms in total. The van der Waals surface area contributed by atoms with Crippen LogP contribution in [0.5, 0.6) is 5.88 Å². The fourth-order valence-electron chi connectivity index (χ4n) is 3.62. The Morgan fingerprint density at radius 3 is 2.35 bits per heavy atom. The molecular weight excluding hydrogens is 500 g/mol. The predicted octanol–water partition coefficient (Wildman–Crippen LogP) is 2.77. The van der Waals surface area contributed by atoms with Gasteiger partial charge in [-0.2, -0.15) is 4.37 Å². The average Bonchev–Trinajstić information content (AvgIpc) is 3.32. The van der Waals surface area contributed by atoms with Gasteiger partial charge in [-0.3, -0.25) is 14.4 Å². The standard InChI is InChI=1S/C25H42N4O7S/c1-8-25(7,17(2)18(3)30)36-21(32)10-9-20(31)35-19(15-26-24(4,5)6)16-34-23-22(27-37-28-23)29-11-13-33-14-12-29/h17,19,26H,8-16H2,1-7H3/t17-,19-,25?/m0/s1. The van der Waals surface area contributed by atoms with Crippen molar-refractivity contribution >= 4 is 35.3 Å². The molecule has 37 heavy (non-hydrogen) atoms. The molecule has 3 atom stereocenters. The van der Waals surface area contributed by atoms with Crippen LogP contribution in [-0.2, 0) is 28.6 Å². The van der Waals surface area contributed by atoms with Crippen molar-refractivity contribution in [1.82, 2.24) is 14.1 Å². The number of carbonyl (C=O) groups is 3. The highest BCUT2D eigenvalue weighted by atomic mass is 32.1. The number of hydrogen-bond donors (Lipinski definition) is 1. The second kappa shape index (κ2) is 14.0. The number of Topliss-reactive ketones (excluding diaryl/α,β-unsaturated/α-hetero) is 1. The van der Waals surface area contributed by atoms with Crippen LogP contribution < -0.4 is 15.0 Å². The Labute approximate surface area is 223 Å². The van der Waals surface area contributed by atoms with Crippen molar-refractivity contribution in [2.75, 3.05) is 44.4 Å². The maximum Gasteiger partial charge on any atom is 0.306 e. The largest absolute Gasteiger partial charge is 0.470 e. The Morgan fingerprint density at radius 2 is 1.76 bits per heavy atom. The normalized spacial score (nSPS) is 17.4. The Balaban J connectivity index is 1.94. The summed E-state index contributed by atoms with van der Waals surface area (Å²) in [5.41, 5.74) is -1.12. The van der Waals surface area contributed by atoms with Gasteiger partial charge in [-0.25, -0.2) is 0 Å². The SMILES string of the molecule is CCC(C)(OC(=O)CCC(=O)O[C@@H](CNC(C)(C)C)COc1nsnc1N1CCOCC1)[C@@H](C)C(C)=O. The van der Waals surface area contributed by atoms with E-state index in [4.69, 9.17) is 18.9 Å². The van der Waals surface area contributed by atoms with Crippen LogP contribution in [-0.4, -0.2) is 83.2 Å². The number of hydrogen-bond acceptors (Lipinski definition) is 12.